The van der Waals surface area contributed by atoms with Crippen LogP contribution < -0.4 is 5.76 Å². The van der Waals surface area contributed by atoms with E-state index in [1.807, 2.05) is 6.07 Å². The van der Waals surface area contributed by atoms with Gasteiger partial charge in [-0.3, -0.25) is 9.78 Å². The molecule has 1 amide bonds. The molecule has 6 nitrogen and oxygen atoms in total. The predicted octanol–water partition coefficient (Wildman–Crippen LogP) is 4.80. The minimum atomic E-state index is -0.533. The zero-order valence-electron chi connectivity index (χ0n) is 19.5. The number of carbonyl (C=O) groups is 1. The van der Waals surface area contributed by atoms with Gasteiger partial charge in [0.05, 0.1) is 5.52 Å². The van der Waals surface area contributed by atoms with Gasteiger partial charge < -0.3 is 14.2 Å². The van der Waals surface area contributed by atoms with Gasteiger partial charge in [-0.15, -0.1) is 0 Å². The molecule has 3 fully saturated rings. The van der Waals surface area contributed by atoms with Gasteiger partial charge in [-0.1, -0.05) is 12.1 Å². The van der Waals surface area contributed by atoms with Crippen molar-refractivity contribution < 1.29 is 18.0 Å². The Hall–Kier alpha value is -3.78. The van der Waals surface area contributed by atoms with Crippen LogP contribution in [-0.2, 0) is 6.54 Å². The van der Waals surface area contributed by atoms with Crippen LogP contribution in [0.1, 0.15) is 28.8 Å². The van der Waals surface area contributed by atoms with Crippen molar-refractivity contribution in [1.82, 2.24) is 14.8 Å². The smallest absolute Gasteiger partial charge is 0.408 e. The Labute approximate surface area is 206 Å². The first-order valence-corrected chi connectivity index (χ1v) is 12.2. The van der Waals surface area contributed by atoms with E-state index < -0.39 is 17.4 Å². The number of aromatic nitrogens is 1. The van der Waals surface area contributed by atoms with E-state index in [1.54, 1.807) is 29.2 Å². The summed E-state index contributed by atoms with van der Waals surface area (Å²) in [5, 5.41) is 0. The fraction of sp³-hybridized carbons (Fsp3) is 0.286. The van der Waals surface area contributed by atoms with Crippen molar-refractivity contribution in [3.8, 4) is 11.1 Å². The summed E-state index contributed by atoms with van der Waals surface area (Å²) in [5.74, 6) is -1.21. The number of fused-ring (bicyclic) bond motifs is 4. The summed E-state index contributed by atoms with van der Waals surface area (Å²) in [4.78, 5) is 31.9. The highest BCUT2D eigenvalue weighted by molar-refractivity contribution is 5.94. The molecule has 4 heterocycles. The Morgan fingerprint density at radius 2 is 1.72 bits per heavy atom. The number of aromatic amines is 1. The standard InChI is InChI=1S/C28H25F2N3O3/c29-22-5-1-18(2-6-22)27(34)33(25-16-32-11-9-17(25)10-12-32)15-21-13-19(3-7-23(21)30)20-4-8-24-26(14-20)36-28(35)31-24/h1-8,13-14,17,25H,9-12,15-16H2,(H,31,35)/t25-/m0/s1. The van der Waals surface area contributed by atoms with E-state index in [0.717, 1.165) is 43.6 Å². The van der Waals surface area contributed by atoms with Crippen LogP contribution in [0.15, 0.2) is 69.9 Å². The third-order valence-corrected chi connectivity index (χ3v) is 7.51. The van der Waals surface area contributed by atoms with Crippen LogP contribution >= 0.6 is 0 Å². The van der Waals surface area contributed by atoms with Crippen molar-refractivity contribution in [1.29, 1.82) is 0 Å². The summed E-state index contributed by atoms with van der Waals surface area (Å²) in [7, 11) is 0. The Balaban J connectivity index is 1.36. The quantitative estimate of drug-likeness (QED) is 0.437. The molecule has 0 spiro atoms. The van der Waals surface area contributed by atoms with Gasteiger partial charge >= 0.3 is 5.76 Å². The van der Waals surface area contributed by atoms with E-state index in [2.05, 4.69) is 9.88 Å². The lowest BCUT2D eigenvalue weighted by molar-refractivity contribution is 0.00434. The number of nitrogens with zero attached hydrogens (tertiary/aromatic N) is 2. The molecule has 0 radical (unpaired) electrons. The number of nitrogens with one attached hydrogen (secondary N) is 1. The third kappa shape index (κ3) is 4.22. The first-order valence-electron chi connectivity index (χ1n) is 12.2. The van der Waals surface area contributed by atoms with Crippen molar-refractivity contribution >= 4 is 17.0 Å². The van der Waals surface area contributed by atoms with E-state index in [1.165, 1.54) is 30.3 Å². The second-order valence-electron chi connectivity index (χ2n) is 9.68. The van der Waals surface area contributed by atoms with Crippen LogP contribution in [0.25, 0.3) is 22.2 Å². The number of oxazole rings is 1. The Kier molecular flexibility index (Phi) is 5.68. The van der Waals surface area contributed by atoms with Gasteiger partial charge in [0.1, 0.15) is 11.6 Å². The minimum Gasteiger partial charge on any atom is -0.408 e. The Morgan fingerprint density at radius 1 is 1.00 bits per heavy atom. The summed E-state index contributed by atoms with van der Waals surface area (Å²) in [6.45, 7) is 2.89. The third-order valence-electron chi connectivity index (χ3n) is 7.51. The van der Waals surface area contributed by atoms with E-state index in [0.29, 0.717) is 28.1 Å². The Morgan fingerprint density at radius 3 is 2.44 bits per heavy atom. The first-order chi connectivity index (χ1) is 17.4. The number of benzene rings is 3. The molecule has 8 heteroatoms. The topological polar surface area (TPSA) is 69.5 Å². The van der Waals surface area contributed by atoms with Crippen LogP contribution in [0.4, 0.5) is 8.78 Å². The summed E-state index contributed by atoms with van der Waals surface area (Å²) < 4.78 is 33.8. The van der Waals surface area contributed by atoms with Gasteiger partial charge in [0.2, 0.25) is 0 Å². The fourth-order valence-corrected chi connectivity index (χ4v) is 5.57. The number of hydrogen-bond acceptors (Lipinski definition) is 4. The van der Waals surface area contributed by atoms with Gasteiger partial charge in [0, 0.05) is 30.3 Å². The average Bonchev–Trinajstić information content (AvgIpc) is 3.28. The summed E-state index contributed by atoms with van der Waals surface area (Å²) in [6, 6.07) is 15.6. The van der Waals surface area contributed by atoms with Crippen molar-refractivity contribution in [3.05, 3.63) is 94.0 Å². The van der Waals surface area contributed by atoms with E-state index >= 15 is 4.39 Å². The van der Waals surface area contributed by atoms with Crippen LogP contribution in [0.2, 0.25) is 0 Å². The largest absolute Gasteiger partial charge is 0.417 e. The molecule has 0 saturated carbocycles. The molecule has 3 saturated heterocycles. The second kappa shape index (κ2) is 9.02. The number of rotatable bonds is 5. The molecule has 1 aromatic heterocycles. The molecule has 0 aliphatic carbocycles. The first kappa shape index (κ1) is 22.7. The lowest BCUT2D eigenvalue weighted by Gasteiger charge is -2.49. The molecule has 2 bridgehead atoms. The molecule has 1 N–H and O–H groups in total. The van der Waals surface area contributed by atoms with Gasteiger partial charge in [-0.2, -0.15) is 0 Å². The van der Waals surface area contributed by atoms with Crippen LogP contribution in [0.3, 0.4) is 0 Å². The average molecular weight is 490 g/mol. The zero-order chi connectivity index (χ0) is 24.8. The number of H-pyrrole nitrogens is 1. The van der Waals surface area contributed by atoms with Gasteiger partial charge in [-0.25, -0.2) is 13.6 Å². The minimum absolute atomic E-state index is 0.0430. The highest BCUT2D eigenvalue weighted by Gasteiger charge is 2.39. The molecular weight excluding hydrogens is 464 g/mol. The SMILES string of the molecule is O=C(c1ccc(F)cc1)N(Cc1cc(-c2ccc3[nH]c(=O)oc3c2)ccc1F)[C@H]1CN2CCC1CC2. The lowest BCUT2D eigenvalue weighted by Crippen LogP contribution is -2.58. The predicted molar refractivity (Wildman–Crippen MR) is 131 cm³/mol. The molecule has 3 aliphatic rings. The monoisotopic (exact) mass is 489 g/mol. The molecule has 184 valence electrons. The second-order valence-corrected chi connectivity index (χ2v) is 9.68. The number of piperidine rings is 3. The van der Waals surface area contributed by atoms with Crippen LogP contribution in [0, 0.1) is 17.6 Å². The van der Waals surface area contributed by atoms with E-state index in [4.69, 9.17) is 4.42 Å². The molecule has 7 rings (SSSR count). The van der Waals surface area contributed by atoms with Crippen molar-refractivity contribution in [2.24, 2.45) is 5.92 Å². The molecule has 4 aromatic rings. The zero-order valence-corrected chi connectivity index (χ0v) is 19.5. The summed E-state index contributed by atoms with van der Waals surface area (Å²) in [6.07, 6.45) is 2.00. The fourth-order valence-electron chi connectivity index (χ4n) is 5.57. The maximum atomic E-state index is 15.1. The number of amides is 1. The molecule has 0 unspecified atom stereocenters. The summed E-state index contributed by atoms with van der Waals surface area (Å²) >= 11 is 0. The normalized spacial score (nSPS) is 21.1. The number of halogens is 2. The molecule has 1 atom stereocenters. The van der Waals surface area contributed by atoms with Crippen LogP contribution in [0.5, 0.6) is 0 Å². The van der Waals surface area contributed by atoms with Crippen molar-refractivity contribution in [2.75, 3.05) is 19.6 Å². The maximum absolute atomic E-state index is 15.1. The molecule has 3 aromatic carbocycles. The number of carbonyl (C=O) groups excluding carboxylic acids is 1. The molecular formula is C28H25F2N3O3. The summed E-state index contributed by atoms with van der Waals surface area (Å²) in [5.41, 5.74) is 3.31. The van der Waals surface area contributed by atoms with Gasteiger partial charge in [-0.05, 0) is 91.5 Å². The maximum Gasteiger partial charge on any atom is 0.417 e. The number of hydrogen-bond donors (Lipinski definition) is 1. The Bertz CT molecular complexity index is 1490. The van der Waals surface area contributed by atoms with E-state index in [9.17, 15) is 14.0 Å². The lowest BCUT2D eigenvalue weighted by atomic mass is 9.82. The van der Waals surface area contributed by atoms with Crippen LogP contribution in [-0.4, -0.2) is 46.4 Å². The van der Waals surface area contributed by atoms with Gasteiger partial charge in [0.25, 0.3) is 5.91 Å². The highest BCUT2D eigenvalue weighted by atomic mass is 19.1. The van der Waals surface area contributed by atoms with Gasteiger partial charge in [0.15, 0.2) is 5.58 Å². The van der Waals surface area contributed by atoms with Crippen molar-refractivity contribution in [3.63, 3.8) is 0 Å². The highest BCUT2D eigenvalue weighted by Crippen LogP contribution is 2.34. The van der Waals surface area contributed by atoms with E-state index in [-0.39, 0.29) is 18.5 Å². The molecule has 3 aliphatic heterocycles. The molecule has 36 heavy (non-hydrogen) atoms. The van der Waals surface area contributed by atoms with Crippen molar-refractivity contribution in [2.45, 2.75) is 25.4 Å².